The number of para-hydroxylation sites is 2. The molecule has 3 aromatic rings. The number of nitrogens with zero attached hydrogens (tertiary/aromatic N) is 1. The second-order valence-electron chi connectivity index (χ2n) is 6.36. The van der Waals surface area contributed by atoms with Crippen molar-refractivity contribution in [1.82, 2.24) is 15.3 Å². The van der Waals surface area contributed by atoms with Gasteiger partial charge in [-0.3, -0.25) is 14.9 Å². The molecule has 0 bridgehead atoms. The van der Waals surface area contributed by atoms with Gasteiger partial charge in [-0.1, -0.05) is 32.4 Å². The Kier molecular flexibility index (Phi) is 5.37. The molecule has 1 aromatic carbocycles. The number of amides is 2. The Bertz CT molecular complexity index is 897. The van der Waals surface area contributed by atoms with Crippen molar-refractivity contribution in [1.29, 1.82) is 0 Å². The number of benzene rings is 1. The molecule has 3 N–H and O–H groups in total. The Morgan fingerprint density at radius 2 is 2.04 bits per heavy atom. The molecule has 0 saturated carbocycles. The van der Waals surface area contributed by atoms with E-state index in [9.17, 15) is 9.59 Å². The van der Waals surface area contributed by atoms with Crippen LogP contribution >= 0.6 is 11.3 Å². The van der Waals surface area contributed by atoms with Gasteiger partial charge in [0, 0.05) is 0 Å². The van der Waals surface area contributed by atoms with Crippen LogP contribution in [0.25, 0.3) is 11.0 Å². The van der Waals surface area contributed by atoms with Gasteiger partial charge in [0.25, 0.3) is 5.91 Å². The predicted octanol–water partition coefficient (Wildman–Crippen LogP) is 3.72. The summed E-state index contributed by atoms with van der Waals surface area (Å²) in [5.74, 6) is -0.127. The number of carbonyl (C=O) groups excluding carboxylic acids is 2. The van der Waals surface area contributed by atoms with Gasteiger partial charge in [0.05, 0.1) is 15.9 Å². The standard InChI is InChI=1S/C19H22N4O2S/c1-4-11(2)15(22-18(25)16-12(3)9-10-26-16)17(24)23-19-20-13-7-5-6-8-14(13)21-19/h5-11,15H,4H2,1-3H3,(H,22,25)(H2,20,21,23,24). The van der Waals surface area contributed by atoms with Crippen LogP contribution < -0.4 is 10.6 Å². The van der Waals surface area contributed by atoms with Crippen molar-refractivity contribution in [2.75, 3.05) is 5.32 Å². The van der Waals surface area contributed by atoms with Crippen molar-refractivity contribution < 1.29 is 9.59 Å². The van der Waals surface area contributed by atoms with E-state index in [0.29, 0.717) is 10.8 Å². The van der Waals surface area contributed by atoms with Gasteiger partial charge < -0.3 is 10.3 Å². The quantitative estimate of drug-likeness (QED) is 0.618. The van der Waals surface area contributed by atoms with E-state index in [1.807, 2.05) is 56.5 Å². The number of hydrogen-bond donors (Lipinski definition) is 3. The van der Waals surface area contributed by atoms with Crippen LogP contribution in [0.4, 0.5) is 5.95 Å². The van der Waals surface area contributed by atoms with Gasteiger partial charge in [-0.05, 0) is 42.0 Å². The number of anilines is 1. The number of aromatic amines is 1. The zero-order valence-corrected chi connectivity index (χ0v) is 15.8. The molecule has 0 aliphatic carbocycles. The molecule has 136 valence electrons. The first-order chi connectivity index (χ1) is 12.5. The molecule has 0 fully saturated rings. The van der Waals surface area contributed by atoms with E-state index in [-0.39, 0.29) is 17.7 Å². The van der Waals surface area contributed by atoms with E-state index in [4.69, 9.17) is 0 Å². The number of aryl methyl sites for hydroxylation is 1. The highest BCUT2D eigenvalue weighted by atomic mass is 32.1. The fourth-order valence-electron chi connectivity index (χ4n) is 2.72. The molecule has 2 unspecified atom stereocenters. The largest absolute Gasteiger partial charge is 0.339 e. The number of hydrogen-bond acceptors (Lipinski definition) is 4. The first kappa shape index (κ1) is 18.1. The molecule has 2 heterocycles. The zero-order chi connectivity index (χ0) is 18.7. The van der Waals surface area contributed by atoms with E-state index in [2.05, 4.69) is 20.6 Å². The minimum absolute atomic E-state index is 0.0106. The van der Waals surface area contributed by atoms with Crippen LogP contribution in [0.1, 0.15) is 35.5 Å². The summed E-state index contributed by atoms with van der Waals surface area (Å²) in [7, 11) is 0. The van der Waals surface area contributed by atoms with Gasteiger partial charge in [0.2, 0.25) is 11.9 Å². The van der Waals surface area contributed by atoms with E-state index in [0.717, 1.165) is 23.0 Å². The fraction of sp³-hybridized carbons (Fsp3) is 0.316. The summed E-state index contributed by atoms with van der Waals surface area (Å²) in [5, 5.41) is 7.55. The van der Waals surface area contributed by atoms with Crippen molar-refractivity contribution in [3.63, 3.8) is 0 Å². The lowest BCUT2D eigenvalue weighted by atomic mass is 9.98. The third-order valence-corrected chi connectivity index (χ3v) is 5.50. The molecule has 7 heteroatoms. The van der Waals surface area contributed by atoms with Gasteiger partial charge in [-0.25, -0.2) is 4.98 Å². The number of nitrogens with one attached hydrogen (secondary N) is 3. The number of imidazole rings is 1. The maximum atomic E-state index is 12.8. The molecule has 26 heavy (non-hydrogen) atoms. The van der Waals surface area contributed by atoms with Crippen LogP contribution in [-0.4, -0.2) is 27.8 Å². The van der Waals surface area contributed by atoms with Gasteiger partial charge >= 0.3 is 0 Å². The van der Waals surface area contributed by atoms with E-state index in [1.165, 1.54) is 11.3 Å². The molecule has 2 atom stereocenters. The highest BCUT2D eigenvalue weighted by Crippen LogP contribution is 2.18. The predicted molar refractivity (Wildman–Crippen MR) is 104 cm³/mol. The molecule has 0 aliphatic rings. The molecule has 0 saturated heterocycles. The Morgan fingerprint density at radius 3 is 2.69 bits per heavy atom. The van der Waals surface area contributed by atoms with Crippen LogP contribution in [-0.2, 0) is 4.79 Å². The molecular weight excluding hydrogens is 348 g/mol. The highest BCUT2D eigenvalue weighted by molar-refractivity contribution is 7.12. The first-order valence-corrected chi connectivity index (χ1v) is 9.48. The Hall–Kier alpha value is -2.67. The first-order valence-electron chi connectivity index (χ1n) is 8.60. The number of fused-ring (bicyclic) bond motifs is 1. The molecule has 0 spiro atoms. The average Bonchev–Trinajstić information content (AvgIpc) is 3.23. The number of H-pyrrole nitrogens is 1. The van der Waals surface area contributed by atoms with Crippen molar-refractivity contribution >= 4 is 40.1 Å². The normalized spacial score (nSPS) is 13.3. The topological polar surface area (TPSA) is 86.9 Å². The Morgan fingerprint density at radius 1 is 1.27 bits per heavy atom. The summed E-state index contributed by atoms with van der Waals surface area (Å²) in [5.41, 5.74) is 2.54. The summed E-state index contributed by atoms with van der Waals surface area (Å²) in [4.78, 5) is 33.4. The average molecular weight is 370 g/mol. The zero-order valence-electron chi connectivity index (χ0n) is 15.0. The maximum Gasteiger partial charge on any atom is 0.262 e. The second kappa shape index (κ2) is 7.70. The smallest absolute Gasteiger partial charge is 0.262 e. The lowest BCUT2D eigenvalue weighted by Crippen LogP contribution is -2.47. The van der Waals surface area contributed by atoms with E-state index >= 15 is 0 Å². The van der Waals surface area contributed by atoms with Crippen LogP contribution in [0.5, 0.6) is 0 Å². The number of aromatic nitrogens is 2. The third-order valence-electron chi connectivity index (χ3n) is 4.48. The van der Waals surface area contributed by atoms with E-state index in [1.54, 1.807) is 0 Å². The molecule has 3 rings (SSSR count). The van der Waals surface area contributed by atoms with Crippen LogP contribution in [0.15, 0.2) is 35.7 Å². The molecule has 2 aromatic heterocycles. The monoisotopic (exact) mass is 370 g/mol. The summed E-state index contributed by atoms with van der Waals surface area (Å²) >= 11 is 1.38. The Balaban J connectivity index is 1.77. The van der Waals surface area contributed by atoms with Gasteiger partial charge in [-0.2, -0.15) is 0 Å². The summed E-state index contributed by atoms with van der Waals surface area (Å²) in [6.07, 6.45) is 0.766. The summed E-state index contributed by atoms with van der Waals surface area (Å²) in [6.45, 7) is 5.83. The SMILES string of the molecule is CCC(C)C(NC(=O)c1sccc1C)C(=O)Nc1nc2ccccc2[nH]1. The molecule has 2 amide bonds. The number of carbonyl (C=O) groups is 2. The van der Waals surface area contributed by atoms with Crippen molar-refractivity contribution in [3.05, 3.63) is 46.2 Å². The van der Waals surface area contributed by atoms with Crippen LogP contribution in [0, 0.1) is 12.8 Å². The minimum Gasteiger partial charge on any atom is -0.339 e. The van der Waals surface area contributed by atoms with Gasteiger partial charge in [0.15, 0.2) is 0 Å². The lowest BCUT2D eigenvalue weighted by molar-refractivity contribution is -0.119. The van der Waals surface area contributed by atoms with Crippen molar-refractivity contribution in [2.24, 2.45) is 5.92 Å². The lowest BCUT2D eigenvalue weighted by Gasteiger charge is -2.23. The highest BCUT2D eigenvalue weighted by Gasteiger charge is 2.27. The fourth-order valence-corrected chi connectivity index (χ4v) is 3.55. The summed E-state index contributed by atoms with van der Waals surface area (Å²) < 4.78 is 0. The number of rotatable bonds is 6. The third kappa shape index (κ3) is 3.77. The van der Waals surface area contributed by atoms with E-state index < -0.39 is 6.04 Å². The van der Waals surface area contributed by atoms with Crippen molar-refractivity contribution in [3.8, 4) is 0 Å². The summed E-state index contributed by atoms with van der Waals surface area (Å²) in [6, 6.07) is 8.81. The Labute approximate surface area is 156 Å². The minimum atomic E-state index is -0.637. The molecule has 0 radical (unpaired) electrons. The van der Waals surface area contributed by atoms with Crippen molar-refractivity contribution in [2.45, 2.75) is 33.2 Å². The maximum absolute atomic E-state index is 12.8. The molecule has 6 nitrogen and oxygen atoms in total. The number of thiophene rings is 1. The van der Waals surface area contributed by atoms with Crippen LogP contribution in [0.2, 0.25) is 0 Å². The molecule has 0 aliphatic heterocycles. The second-order valence-corrected chi connectivity index (χ2v) is 7.28. The van der Waals surface area contributed by atoms with Gasteiger partial charge in [0.1, 0.15) is 6.04 Å². The van der Waals surface area contributed by atoms with Crippen LogP contribution in [0.3, 0.4) is 0 Å². The molecular formula is C19H22N4O2S. The van der Waals surface area contributed by atoms with Gasteiger partial charge in [-0.15, -0.1) is 11.3 Å².